The van der Waals surface area contributed by atoms with Gasteiger partial charge in [0.2, 0.25) is 5.91 Å². The van der Waals surface area contributed by atoms with Crippen LogP contribution >= 0.6 is 22.7 Å². The summed E-state index contributed by atoms with van der Waals surface area (Å²) in [6, 6.07) is 1.33. The average molecular weight is 323 g/mol. The Labute approximate surface area is 131 Å². The standard InChI is InChI=1S/C14H17N3O2S2/c1-7(2)14-17-10(6-21-14)8(3)16-13(19)11-4-9(5-20-11)12(15)18/h4-8H,1-3H3,(H2,15,18)(H,16,19). The van der Waals surface area contributed by atoms with Crippen LogP contribution in [0.5, 0.6) is 0 Å². The van der Waals surface area contributed by atoms with E-state index in [9.17, 15) is 9.59 Å². The van der Waals surface area contributed by atoms with Crippen LogP contribution in [-0.4, -0.2) is 16.8 Å². The van der Waals surface area contributed by atoms with Crippen molar-refractivity contribution in [2.45, 2.75) is 32.7 Å². The van der Waals surface area contributed by atoms with Gasteiger partial charge in [0, 0.05) is 16.7 Å². The van der Waals surface area contributed by atoms with Gasteiger partial charge in [-0.1, -0.05) is 13.8 Å². The molecule has 2 aromatic heterocycles. The monoisotopic (exact) mass is 323 g/mol. The third kappa shape index (κ3) is 3.68. The van der Waals surface area contributed by atoms with E-state index >= 15 is 0 Å². The molecule has 0 fully saturated rings. The second kappa shape index (κ2) is 6.36. The molecule has 2 rings (SSSR count). The number of thiazole rings is 1. The van der Waals surface area contributed by atoms with Crippen LogP contribution in [0.25, 0.3) is 0 Å². The summed E-state index contributed by atoms with van der Waals surface area (Å²) in [4.78, 5) is 28.2. The van der Waals surface area contributed by atoms with E-state index in [1.807, 2.05) is 12.3 Å². The van der Waals surface area contributed by atoms with Gasteiger partial charge < -0.3 is 11.1 Å². The fourth-order valence-corrected chi connectivity index (χ4v) is 3.42. The van der Waals surface area contributed by atoms with E-state index in [2.05, 4.69) is 24.1 Å². The zero-order valence-electron chi connectivity index (χ0n) is 12.0. The van der Waals surface area contributed by atoms with Crippen LogP contribution < -0.4 is 11.1 Å². The number of hydrogen-bond acceptors (Lipinski definition) is 5. The number of amides is 2. The molecule has 3 N–H and O–H groups in total. The van der Waals surface area contributed by atoms with Crippen molar-refractivity contribution in [3.05, 3.63) is 38.0 Å². The second-order valence-corrected chi connectivity index (χ2v) is 6.83. The minimum Gasteiger partial charge on any atom is -0.366 e. The van der Waals surface area contributed by atoms with Crippen LogP contribution in [0.3, 0.4) is 0 Å². The molecule has 0 aliphatic heterocycles. The maximum atomic E-state index is 12.1. The fourth-order valence-electron chi connectivity index (χ4n) is 1.69. The van der Waals surface area contributed by atoms with Gasteiger partial charge in [-0.05, 0) is 13.0 Å². The number of aromatic nitrogens is 1. The van der Waals surface area contributed by atoms with Crippen LogP contribution in [0, 0.1) is 0 Å². The Hall–Kier alpha value is -1.73. The van der Waals surface area contributed by atoms with Gasteiger partial charge in [-0.15, -0.1) is 22.7 Å². The summed E-state index contributed by atoms with van der Waals surface area (Å²) in [5.41, 5.74) is 6.38. The Bertz CT molecular complexity index is 661. The lowest BCUT2D eigenvalue weighted by Gasteiger charge is -2.10. The molecule has 21 heavy (non-hydrogen) atoms. The molecular weight excluding hydrogens is 306 g/mol. The summed E-state index contributed by atoms with van der Waals surface area (Å²) in [6.45, 7) is 6.06. The van der Waals surface area contributed by atoms with E-state index in [-0.39, 0.29) is 11.9 Å². The summed E-state index contributed by atoms with van der Waals surface area (Å²) in [7, 11) is 0. The van der Waals surface area contributed by atoms with Gasteiger partial charge in [0.15, 0.2) is 0 Å². The van der Waals surface area contributed by atoms with Crippen molar-refractivity contribution in [3.63, 3.8) is 0 Å². The summed E-state index contributed by atoms with van der Waals surface area (Å²) in [5, 5.41) is 7.48. The van der Waals surface area contributed by atoms with E-state index in [0.29, 0.717) is 16.4 Å². The van der Waals surface area contributed by atoms with Crippen LogP contribution in [0.4, 0.5) is 0 Å². The molecule has 2 heterocycles. The number of nitrogens with one attached hydrogen (secondary N) is 1. The van der Waals surface area contributed by atoms with Crippen molar-refractivity contribution in [3.8, 4) is 0 Å². The van der Waals surface area contributed by atoms with E-state index in [1.165, 1.54) is 17.4 Å². The smallest absolute Gasteiger partial charge is 0.261 e. The molecule has 0 bridgehead atoms. The molecule has 0 aromatic carbocycles. The third-order valence-electron chi connectivity index (χ3n) is 2.93. The topological polar surface area (TPSA) is 85.1 Å². The van der Waals surface area contributed by atoms with Gasteiger partial charge in [0.25, 0.3) is 5.91 Å². The van der Waals surface area contributed by atoms with Gasteiger partial charge in [-0.25, -0.2) is 4.98 Å². The van der Waals surface area contributed by atoms with Gasteiger partial charge >= 0.3 is 0 Å². The first-order chi connectivity index (χ1) is 9.88. The molecule has 1 unspecified atom stereocenters. The van der Waals surface area contributed by atoms with Crippen molar-refractivity contribution in [1.82, 2.24) is 10.3 Å². The molecule has 2 aromatic rings. The Balaban J connectivity index is 2.05. The van der Waals surface area contributed by atoms with Gasteiger partial charge in [0.1, 0.15) is 0 Å². The zero-order valence-corrected chi connectivity index (χ0v) is 13.7. The highest BCUT2D eigenvalue weighted by Crippen LogP contribution is 2.23. The molecule has 0 saturated heterocycles. The lowest BCUT2D eigenvalue weighted by atomic mass is 10.2. The third-order valence-corrected chi connectivity index (χ3v) is 5.03. The van der Waals surface area contributed by atoms with E-state index in [4.69, 9.17) is 5.73 Å². The predicted molar refractivity (Wildman–Crippen MR) is 84.9 cm³/mol. The number of primary amides is 1. The summed E-state index contributed by atoms with van der Waals surface area (Å²) in [5.74, 6) is -0.374. The molecule has 0 radical (unpaired) electrons. The Morgan fingerprint density at radius 2 is 1.95 bits per heavy atom. The van der Waals surface area contributed by atoms with Gasteiger partial charge in [-0.2, -0.15) is 0 Å². The minimum atomic E-state index is -0.528. The average Bonchev–Trinajstić information content (AvgIpc) is 3.08. The van der Waals surface area contributed by atoms with E-state index < -0.39 is 5.91 Å². The quantitative estimate of drug-likeness (QED) is 0.887. The molecule has 2 amide bonds. The summed E-state index contributed by atoms with van der Waals surface area (Å²) < 4.78 is 0. The Morgan fingerprint density at radius 3 is 2.48 bits per heavy atom. The normalized spacial score (nSPS) is 12.4. The van der Waals surface area contributed by atoms with Crippen molar-refractivity contribution in [1.29, 1.82) is 0 Å². The highest BCUT2D eigenvalue weighted by molar-refractivity contribution is 7.12. The highest BCUT2D eigenvalue weighted by Gasteiger charge is 2.17. The zero-order chi connectivity index (χ0) is 15.6. The first-order valence-electron chi connectivity index (χ1n) is 6.53. The number of nitrogens with zero attached hydrogens (tertiary/aromatic N) is 1. The van der Waals surface area contributed by atoms with Crippen molar-refractivity contribution in [2.24, 2.45) is 5.73 Å². The molecule has 0 saturated carbocycles. The van der Waals surface area contributed by atoms with Crippen LogP contribution in [0.15, 0.2) is 16.8 Å². The number of carbonyl (C=O) groups excluding carboxylic acids is 2. The maximum absolute atomic E-state index is 12.1. The molecule has 0 aliphatic rings. The molecule has 1 atom stereocenters. The predicted octanol–water partition coefficient (Wildman–Crippen LogP) is 2.92. The number of nitrogens with two attached hydrogens (primary N) is 1. The van der Waals surface area contributed by atoms with Gasteiger partial charge in [-0.3, -0.25) is 9.59 Å². The maximum Gasteiger partial charge on any atom is 0.261 e. The Kier molecular flexibility index (Phi) is 4.74. The molecule has 0 spiro atoms. The highest BCUT2D eigenvalue weighted by atomic mass is 32.1. The summed E-state index contributed by atoms with van der Waals surface area (Å²) >= 11 is 2.80. The first kappa shape index (κ1) is 15.7. The van der Waals surface area contributed by atoms with Crippen molar-refractivity contribution < 1.29 is 9.59 Å². The number of rotatable bonds is 5. The number of hydrogen-bond donors (Lipinski definition) is 2. The van der Waals surface area contributed by atoms with Crippen LogP contribution in [0.2, 0.25) is 0 Å². The SMILES string of the molecule is CC(C)c1nc(C(C)NC(=O)c2cc(C(N)=O)cs2)cs1. The number of thiophene rings is 1. The molecule has 7 heteroatoms. The van der Waals surface area contributed by atoms with Crippen molar-refractivity contribution >= 4 is 34.5 Å². The lowest BCUT2D eigenvalue weighted by Crippen LogP contribution is -2.26. The first-order valence-corrected chi connectivity index (χ1v) is 8.29. The van der Waals surface area contributed by atoms with Crippen LogP contribution in [-0.2, 0) is 0 Å². The minimum absolute atomic E-state index is 0.180. The van der Waals surface area contributed by atoms with E-state index in [1.54, 1.807) is 16.7 Å². The number of carbonyl (C=O) groups is 2. The Morgan fingerprint density at radius 1 is 1.24 bits per heavy atom. The molecular formula is C14H17N3O2S2. The fraction of sp³-hybridized carbons (Fsp3) is 0.357. The molecule has 112 valence electrons. The van der Waals surface area contributed by atoms with E-state index in [0.717, 1.165) is 10.7 Å². The van der Waals surface area contributed by atoms with Crippen molar-refractivity contribution in [2.75, 3.05) is 0 Å². The van der Waals surface area contributed by atoms with Crippen LogP contribution in [0.1, 0.15) is 63.5 Å². The summed E-state index contributed by atoms with van der Waals surface area (Å²) in [6.07, 6.45) is 0. The molecule has 5 nitrogen and oxygen atoms in total. The largest absolute Gasteiger partial charge is 0.366 e. The second-order valence-electron chi connectivity index (χ2n) is 5.02. The lowest BCUT2D eigenvalue weighted by molar-refractivity contribution is 0.0943. The molecule has 0 aliphatic carbocycles. The van der Waals surface area contributed by atoms with Gasteiger partial charge in [0.05, 0.1) is 27.2 Å².